The predicted octanol–water partition coefficient (Wildman–Crippen LogP) is 0.253. The van der Waals surface area contributed by atoms with E-state index in [1.165, 1.54) is 19.2 Å². The van der Waals surface area contributed by atoms with Gasteiger partial charge < -0.3 is 9.84 Å². The normalized spacial score (nSPS) is 19.0. The van der Waals surface area contributed by atoms with E-state index in [4.69, 9.17) is 4.52 Å². The molecular weight excluding hydrogens is 180 g/mol. The van der Waals surface area contributed by atoms with Gasteiger partial charge in [-0.2, -0.15) is 4.98 Å². The minimum Gasteiger partial charge on any atom is -0.343 e. The summed E-state index contributed by atoms with van der Waals surface area (Å²) in [5.74, 6) is 0.769. The van der Waals surface area contributed by atoms with E-state index in [0.717, 1.165) is 25.5 Å². The molecule has 0 amide bonds. The summed E-state index contributed by atoms with van der Waals surface area (Å²) in [6.07, 6.45) is 3.79. The molecule has 1 aromatic heterocycles. The first-order valence-corrected chi connectivity index (χ1v) is 5.02. The lowest BCUT2D eigenvalue weighted by atomic mass is 10.1. The zero-order chi connectivity index (χ0) is 9.80. The second kappa shape index (κ2) is 4.52. The van der Waals surface area contributed by atoms with E-state index in [9.17, 15) is 0 Å². The topological polar surface area (TPSA) is 54.2 Å². The monoisotopic (exact) mass is 196 g/mol. The smallest absolute Gasteiger partial charge is 0.213 e. The molecule has 1 aliphatic heterocycles. The van der Waals surface area contributed by atoms with E-state index >= 15 is 0 Å². The summed E-state index contributed by atoms with van der Waals surface area (Å²) in [5, 5.41) is 7.16. The predicted molar refractivity (Wildman–Crippen MR) is 51.7 cm³/mol. The van der Waals surface area contributed by atoms with Crippen molar-refractivity contribution in [3.8, 4) is 0 Å². The van der Waals surface area contributed by atoms with E-state index in [1.807, 2.05) is 0 Å². The lowest BCUT2D eigenvalue weighted by Crippen LogP contribution is -2.40. The summed E-state index contributed by atoms with van der Waals surface area (Å²) < 4.78 is 4.70. The molecular formula is C9H16N4O. The standard InChI is InChI=1S/C9H16N4O/c1-13(6-9-11-7-14-12-9)8-2-4-10-5-3-8/h7-8,10H,2-6H2,1H3. The van der Waals surface area contributed by atoms with E-state index in [0.29, 0.717) is 6.04 Å². The summed E-state index contributed by atoms with van der Waals surface area (Å²) in [6.45, 7) is 3.00. The van der Waals surface area contributed by atoms with Crippen molar-refractivity contribution in [2.45, 2.75) is 25.4 Å². The summed E-state index contributed by atoms with van der Waals surface area (Å²) >= 11 is 0. The lowest BCUT2D eigenvalue weighted by molar-refractivity contribution is 0.186. The highest BCUT2D eigenvalue weighted by Crippen LogP contribution is 2.11. The van der Waals surface area contributed by atoms with Gasteiger partial charge >= 0.3 is 0 Å². The van der Waals surface area contributed by atoms with Crippen LogP contribution in [0.5, 0.6) is 0 Å². The fourth-order valence-electron chi connectivity index (χ4n) is 1.86. The molecule has 0 unspecified atom stereocenters. The summed E-state index contributed by atoms with van der Waals surface area (Å²) in [7, 11) is 2.12. The van der Waals surface area contributed by atoms with Gasteiger partial charge in [0.2, 0.25) is 6.39 Å². The SMILES string of the molecule is CN(Cc1ncon1)C1CCNCC1. The van der Waals surface area contributed by atoms with Crippen LogP contribution in [-0.2, 0) is 6.54 Å². The maximum atomic E-state index is 4.70. The van der Waals surface area contributed by atoms with Crippen LogP contribution in [0.25, 0.3) is 0 Å². The van der Waals surface area contributed by atoms with Gasteiger partial charge in [0.25, 0.3) is 0 Å². The van der Waals surface area contributed by atoms with Gasteiger partial charge in [0.05, 0.1) is 6.54 Å². The number of hydrogen-bond donors (Lipinski definition) is 1. The third-order valence-electron chi connectivity index (χ3n) is 2.73. The third-order valence-corrected chi connectivity index (χ3v) is 2.73. The second-order valence-corrected chi connectivity index (χ2v) is 3.74. The molecule has 1 saturated heterocycles. The lowest BCUT2D eigenvalue weighted by Gasteiger charge is -2.30. The van der Waals surface area contributed by atoms with Crippen molar-refractivity contribution in [2.75, 3.05) is 20.1 Å². The van der Waals surface area contributed by atoms with E-state index in [-0.39, 0.29) is 0 Å². The van der Waals surface area contributed by atoms with Crippen LogP contribution in [0, 0.1) is 0 Å². The van der Waals surface area contributed by atoms with Gasteiger partial charge in [-0.1, -0.05) is 5.16 Å². The van der Waals surface area contributed by atoms with Gasteiger partial charge in [-0.25, -0.2) is 0 Å². The van der Waals surface area contributed by atoms with Crippen LogP contribution in [0.4, 0.5) is 0 Å². The molecule has 0 bridgehead atoms. The van der Waals surface area contributed by atoms with Crippen LogP contribution < -0.4 is 5.32 Å². The maximum absolute atomic E-state index is 4.70. The molecule has 0 aromatic carbocycles. The quantitative estimate of drug-likeness (QED) is 0.751. The van der Waals surface area contributed by atoms with Crippen LogP contribution in [0.3, 0.4) is 0 Å². The molecule has 5 heteroatoms. The minimum absolute atomic E-state index is 0.648. The van der Waals surface area contributed by atoms with Crippen molar-refractivity contribution in [1.29, 1.82) is 0 Å². The van der Waals surface area contributed by atoms with Crippen LogP contribution >= 0.6 is 0 Å². The highest BCUT2D eigenvalue weighted by molar-refractivity contribution is 4.82. The number of aromatic nitrogens is 2. The van der Waals surface area contributed by atoms with E-state index in [1.54, 1.807) is 0 Å². The Morgan fingerprint density at radius 2 is 2.36 bits per heavy atom. The van der Waals surface area contributed by atoms with Crippen LogP contribution in [0.15, 0.2) is 10.9 Å². The third kappa shape index (κ3) is 2.30. The average molecular weight is 196 g/mol. The van der Waals surface area contributed by atoms with Crippen LogP contribution in [0.2, 0.25) is 0 Å². The molecule has 1 N–H and O–H groups in total. The Bertz CT molecular complexity index is 256. The molecule has 1 fully saturated rings. The molecule has 0 spiro atoms. The number of nitrogens with zero attached hydrogens (tertiary/aromatic N) is 3. The van der Waals surface area contributed by atoms with Crippen molar-refractivity contribution in [3.63, 3.8) is 0 Å². The molecule has 0 radical (unpaired) electrons. The van der Waals surface area contributed by atoms with Crippen LogP contribution in [-0.4, -0.2) is 41.2 Å². The zero-order valence-corrected chi connectivity index (χ0v) is 8.44. The highest BCUT2D eigenvalue weighted by atomic mass is 16.5. The largest absolute Gasteiger partial charge is 0.343 e. The van der Waals surface area contributed by atoms with Crippen molar-refractivity contribution in [3.05, 3.63) is 12.2 Å². The number of hydrogen-bond acceptors (Lipinski definition) is 5. The Morgan fingerprint density at radius 3 is 3.00 bits per heavy atom. The molecule has 2 rings (SSSR count). The molecule has 2 heterocycles. The Hall–Kier alpha value is -0.940. The highest BCUT2D eigenvalue weighted by Gasteiger charge is 2.18. The molecule has 0 atom stereocenters. The Morgan fingerprint density at radius 1 is 1.57 bits per heavy atom. The fourth-order valence-corrected chi connectivity index (χ4v) is 1.86. The average Bonchev–Trinajstić information content (AvgIpc) is 2.72. The van der Waals surface area contributed by atoms with Gasteiger partial charge in [0.15, 0.2) is 5.82 Å². The summed E-state index contributed by atoms with van der Waals surface area (Å²) in [4.78, 5) is 6.31. The fraction of sp³-hybridized carbons (Fsp3) is 0.778. The van der Waals surface area contributed by atoms with Gasteiger partial charge in [-0.3, -0.25) is 4.90 Å². The first kappa shape index (κ1) is 9.61. The second-order valence-electron chi connectivity index (χ2n) is 3.74. The number of piperidine rings is 1. The first-order valence-electron chi connectivity index (χ1n) is 5.02. The van der Waals surface area contributed by atoms with Crippen molar-refractivity contribution >= 4 is 0 Å². The molecule has 5 nitrogen and oxygen atoms in total. The van der Waals surface area contributed by atoms with Gasteiger partial charge in [-0.15, -0.1) is 0 Å². The minimum atomic E-state index is 0.648. The molecule has 78 valence electrons. The van der Waals surface area contributed by atoms with Gasteiger partial charge in [0.1, 0.15) is 0 Å². The molecule has 0 saturated carbocycles. The number of nitrogens with one attached hydrogen (secondary N) is 1. The molecule has 1 aromatic rings. The Kier molecular flexibility index (Phi) is 3.10. The molecule has 14 heavy (non-hydrogen) atoms. The Balaban J connectivity index is 1.85. The van der Waals surface area contributed by atoms with Crippen LogP contribution in [0.1, 0.15) is 18.7 Å². The van der Waals surface area contributed by atoms with Crippen molar-refractivity contribution in [1.82, 2.24) is 20.4 Å². The van der Waals surface area contributed by atoms with Gasteiger partial charge in [0, 0.05) is 6.04 Å². The molecule has 0 aliphatic carbocycles. The Labute approximate surface area is 83.5 Å². The summed E-state index contributed by atoms with van der Waals surface area (Å²) in [6, 6.07) is 0.648. The van der Waals surface area contributed by atoms with Crippen molar-refractivity contribution < 1.29 is 4.52 Å². The molecule has 1 aliphatic rings. The zero-order valence-electron chi connectivity index (χ0n) is 8.44. The van der Waals surface area contributed by atoms with Gasteiger partial charge in [-0.05, 0) is 33.0 Å². The first-order chi connectivity index (χ1) is 6.86. The number of rotatable bonds is 3. The van der Waals surface area contributed by atoms with E-state index in [2.05, 4.69) is 27.4 Å². The van der Waals surface area contributed by atoms with E-state index < -0.39 is 0 Å². The van der Waals surface area contributed by atoms with Crippen molar-refractivity contribution in [2.24, 2.45) is 0 Å². The maximum Gasteiger partial charge on any atom is 0.213 e. The summed E-state index contributed by atoms with van der Waals surface area (Å²) in [5.41, 5.74) is 0.